The van der Waals surface area contributed by atoms with E-state index in [0.29, 0.717) is 5.41 Å². The quantitative estimate of drug-likeness (QED) is 0.292. The first-order chi connectivity index (χ1) is 10.0. The molecule has 4 N–H and O–H groups in total. The van der Waals surface area contributed by atoms with Crippen LogP contribution in [0.15, 0.2) is 0 Å². The van der Waals surface area contributed by atoms with Gasteiger partial charge in [-0.2, -0.15) is 0 Å². The second-order valence-electron chi connectivity index (χ2n) is 7.99. The summed E-state index contributed by atoms with van der Waals surface area (Å²) in [5, 5.41) is 0. The van der Waals surface area contributed by atoms with Gasteiger partial charge in [0.2, 0.25) is 0 Å². The van der Waals surface area contributed by atoms with E-state index in [9.17, 15) is 0 Å². The van der Waals surface area contributed by atoms with Crippen molar-refractivity contribution in [3.05, 3.63) is 0 Å². The Hall–Kier alpha value is 0.250. The van der Waals surface area contributed by atoms with Crippen molar-refractivity contribution in [2.45, 2.75) is 122 Å². The Morgan fingerprint density at radius 2 is 1.18 bits per heavy atom. The zero-order chi connectivity index (χ0) is 15.6. The number of alkyl halides is 1. The molecule has 1 atom stereocenters. The van der Waals surface area contributed by atoms with Gasteiger partial charge in [-0.1, -0.05) is 97.8 Å². The second kappa shape index (κ2) is 11.7. The molecule has 0 aromatic rings. The van der Waals surface area contributed by atoms with E-state index in [1.54, 1.807) is 0 Å². The van der Waals surface area contributed by atoms with E-state index >= 15 is 0 Å². The molecule has 0 aromatic heterocycles. The number of rotatable bonds is 11. The molecule has 1 aliphatic rings. The summed E-state index contributed by atoms with van der Waals surface area (Å²) in [6, 6.07) is 0. The molecule has 1 aliphatic carbocycles. The van der Waals surface area contributed by atoms with Crippen LogP contribution in [0.1, 0.15) is 117 Å². The minimum absolute atomic E-state index is 0. The van der Waals surface area contributed by atoms with Gasteiger partial charge in [0.05, 0.1) is 0 Å². The highest BCUT2D eigenvalue weighted by Gasteiger charge is 2.44. The van der Waals surface area contributed by atoms with E-state index in [2.05, 4.69) is 20.8 Å². The Morgan fingerprint density at radius 1 is 0.727 bits per heavy atom. The Labute approximate surface area is 145 Å². The van der Waals surface area contributed by atoms with Crippen molar-refractivity contribution in [2.75, 3.05) is 0 Å². The molecule has 0 radical (unpaired) electrons. The van der Waals surface area contributed by atoms with Crippen LogP contribution in [0.25, 0.3) is 0 Å². The van der Waals surface area contributed by atoms with Crippen LogP contribution in [0.3, 0.4) is 0 Å². The summed E-state index contributed by atoms with van der Waals surface area (Å²) in [4.78, 5) is 0.0887. The van der Waals surface area contributed by atoms with Gasteiger partial charge < -0.3 is 6.15 Å². The number of unbranched alkanes of at least 4 members (excludes halogenated alkanes) is 9. The van der Waals surface area contributed by atoms with E-state index in [0.717, 1.165) is 0 Å². The minimum atomic E-state index is 0. The lowest BCUT2D eigenvalue weighted by Gasteiger charge is -2.46. The van der Waals surface area contributed by atoms with Crippen LogP contribution in [0.5, 0.6) is 0 Å². The normalized spacial score (nSPS) is 24.0. The molecule has 0 spiro atoms. The lowest BCUT2D eigenvalue weighted by atomic mass is 9.66. The second-order valence-corrected chi connectivity index (χ2v) is 8.71. The molecule has 2 heteroatoms. The molecule has 1 fully saturated rings. The Kier molecular flexibility index (Phi) is 11.9. The third kappa shape index (κ3) is 7.68. The first kappa shape index (κ1) is 22.2. The van der Waals surface area contributed by atoms with Crippen molar-refractivity contribution in [1.82, 2.24) is 6.15 Å². The summed E-state index contributed by atoms with van der Waals surface area (Å²) < 4.78 is 0. The lowest BCUT2D eigenvalue weighted by Crippen LogP contribution is -2.42. The van der Waals surface area contributed by atoms with E-state index in [-0.39, 0.29) is 11.0 Å². The number of halogens is 1. The summed E-state index contributed by atoms with van der Waals surface area (Å²) in [7, 11) is 0. The molecule has 0 aromatic carbocycles. The summed E-state index contributed by atoms with van der Waals surface area (Å²) in [6.07, 6.45) is 20.6. The number of hydrogen-bond acceptors (Lipinski definition) is 0. The molecule has 134 valence electrons. The zero-order valence-corrected chi connectivity index (χ0v) is 16.7. The van der Waals surface area contributed by atoms with Crippen molar-refractivity contribution < 1.29 is 0 Å². The van der Waals surface area contributed by atoms with Gasteiger partial charge >= 0.3 is 0 Å². The molecule has 1 unspecified atom stereocenters. The zero-order valence-electron chi connectivity index (χ0n) is 16.0. The van der Waals surface area contributed by atoms with Crippen molar-refractivity contribution in [3.8, 4) is 0 Å². The monoisotopic (exact) mass is 332 g/mol. The predicted octanol–water partition coefficient (Wildman–Crippen LogP) is 8.25. The molecule has 0 heterocycles. The van der Waals surface area contributed by atoms with Gasteiger partial charge in [0, 0.05) is 4.87 Å². The summed E-state index contributed by atoms with van der Waals surface area (Å²) in [5.74, 6) is 0. The molecule has 22 heavy (non-hydrogen) atoms. The summed E-state index contributed by atoms with van der Waals surface area (Å²) >= 11 is 6.98. The molecular formula is C20H43ClN+. The molecule has 1 rings (SSSR count). The first-order valence-corrected chi connectivity index (χ1v) is 10.1. The molecule has 0 amide bonds. The van der Waals surface area contributed by atoms with Crippen molar-refractivity contribution >= 4 is 11.6 Å². The van der Waals surface area contributed by atoms with Crippen LogP contribution in [0.4, 0.5) is 0 Å². The van der Waals surface area contributed by atoms with Crippen LogP contribution in [0.2, 0.25) is 0 Å². The Bertz CT molecular complexity index is 264. The topological polar surface area (TPSA) is 36.5 Å². The van der Waals surface area contributed by atoms with Gasteiger partial charge in [0.1, 0.15) is 0 Å². The Balaban J connectivity index is 0.00000441. The molecule has 0 aliphatic heterocycles. The average molecular weight is 333 g/mol. The van der Waals surface area contributed by atoms with E-state index in [1.165, 1.54) is 96.3 Å². The van der Waals surface area contributed by atoms with Crippen LogP contribution in [0, 0.1) is 5.41 Å². The van der Waals surface area contributed by atoms with E-state index in [1.807, 2.05) is 0 Å². The third-order valence-corrected chi connectivity index (χ3v) is 6.65. The first-order valence-electron chi connectivity index (χ1n) is 9.71. The SMILES string of the molecule is CCCCCCCCCCCCC1(Cl)CCCCC1(C)C.[NH4+]. The van der Waals surface area contributed by atoms with Gasteiger partial charge in [0.25, 0.3) is 0 Å². The van der Waals surface area contributed by atoms with Crippen molar-refractivity contribution in [3.63, 3.8) is 0 Å². The van der Waals surface area contributed by atoms with Crippen LogP contribution < -0.4 is 6.15 Å². The van der Waals surface area contributed by atoms with Gasteiger partial charge in [-0.15, -0.1) is 11.6 Å². The molecule has 1 saturated carbocycles. The lowest BCUT2D eigenvalue weighted by molar-refractivity contribution is 0.152. The Morgan fingerprint density at radius 3 is 1.68 bits per heavy atom. The van der Waals surface area contributed by atoms with Crippen molar-refractivity contribution in [1.29, 1.82) is 0 Å². The average Bonchev–Trinajstić information content (AvgIpc) is 2.44. The minimum Gasteiger partial charge on any atom is -0.369 e. The van der Waals surface area contributed by atoms with E-state index < -0.39 is 0 Å². The van der Waals surface area contributed by atoms with Crippen LogP contribution >= 0.6 is 11.6 Å². The summed E-state index contributed by atoms with van der Waals surface area (Å²) in [6.45, 7) is 7.06. The molecular weight excluding hydrogens is 290 g/mol. The van der Waals surface area contributed by atoms with Crippen molar-refractivity contribution in [2.24, 2.45) is 5.41 Å². The van der Waals surface area contributed by atoms with Crippen LogP contribution in [-0.2, 0) is 0 Å². The van der Waals surface area contributed by atoms with E-state index in [4.69, 9.17) is 11.6 Å². The largest absolute Gasteiger partial charge is 0.369 e. The molecule has 0 bridgehead atoms. The predicted molar refractivity (Wildman–Crippen MR) is 103 cm³/mol. The standard InChI is InChI=1S/C20H39Cl.H3N/c1-4-5-6-7-8-9-10-11-12-13-17-20(21)18-15-14-16-19(20,2)3;/h4-18H2,1-3H3;1H3/p+1. The molecule has 0 saturated heterocycles. The fourth-order valence-electron chi connectivity index (χ4n) is 3.89. The van der Waals surface area contributed by atoms with Gasteiger partial charge in [-0.25, -0.2) is 0 Å². The maximum Gasteiger partial charge on any atom is 0.0497 e. The van der Waals surface area contributed by atoms with Gasteiger partial charge in [-0.05, 0) is 24.7 Å². The third-order valence-electron chi connectivity index (χ3n) is 5.76. The highest BCUT2D eigenvalue weighted by molar-refractivity contribution is 6.24. The smallest absolute Gasteiger partial charge is 0.0497 e. The highest BCUT2D eigenvalue weighted by atomic mass is 35.5. The highest BCUT2D eigenvalue weighted by Crippen LogP contribution is 2.50. The van der Waals surface area contributed by atoms with Crippen LogP contribution in [-0.4, -0.2) is 4.87 Å². The maximum atomic E-state index is 6.98. The number of quaternary nitrogens is 1. The van der Waals surface area contributed by atoms with Gasteiger partial charge in [-0.3, -0.25) is 0 Å². The van der Waals surface area contributed by atoms with Gasteiger partial charge in [0.15, 0.2) is 0 Å². The fourth-order valence-corrected chi connectivity index (χ4v) is 4.25. The maximum absolute atomic E-state index is 6.98. The number of hydrogen-bond donors (Lipinski definition) is 1. The fraction of sp³-hybridized carbons (Fsp3) is 1.00. The summed E-state index contributed by atoms with van der Waals surface area (Å²) in [5.41, 5.74) is 0.339. The molecule has 1 nitrogen and oxygen atoms in total.